The van der Waals surface area contributed by atoms with Crippen LogP contribution in [0, 0.1) is 5.92 Å². The Morgan fingerprint density at radius 1 is 1.30 bits per heavy atom. The molecule has 0 aromatic heterocycles. The van der Waals surface area contributed by atoms with E-state index in [0.29, 0.717) is 22.9 Å². The van der Waals surface area contributed by atoms with Crippen LogP contribution in [0.25, 0.3) is 0 Å². The maximum atomic E-state index is 13.2. The summed E-state index contributed by atoms with van der Waals surface area (Å²) < 4.78 is 0. The van der Waals surface area contributed by atoms with Crippen LogP contribution < -0.4 is 5.32 Å². The second kappa shape index (κ2) is 8.30. The van der Waals surface area contributed by atoms with Gasteiger partial charge in [-0.15, -0.1) is 0 Å². The number of rotatable bonds is 5. The number of carboxylic acid groups (broad SMARTS) is 1. The maximum Gasteiger partial charge on any atom is 0.305 e. The van der Waals surface area contributed by atoms with Crippen LogP contribution in [0.3, 0.4) is 0 Å². The summed E-state index contributed by atoms with van der Waals surface area (Å²) in [5.74, 6) is -1.10. The van der Waals surface area contributed by atoms with E-state index in [-0.39, 0.29) is 24.3 Å². The minimum absolute atomic E-state index is 0.0516. The van der Waals surface area contributed by atoms with Gasteiger partial charge in [0.25, 0.3) is 5.91 Å². The van der Waals surface area contributed by atoms with Crippen LogP contribution >= 0.6 is 11.6 Å². The topological polar surface area (TPSA) is 86.7 Å². The van der Waals surface area contributed by atoms with E-state index in [1.807, 2.05) is 0 Å². The average molecular weight is 393 g/mol. The first-order valence-electron chi connectivity index (χ1n) is 9.47. The van der Waals surface area contributed by atoms with E-state index in [2.05, 4.69) is 5.32 Å². The number of benzene rings is 1. The average Bonchev–Trinajstić information content (AvgIpc) is 3.00. The van der Waals surface area contributed by atoms with Crippen molar-refractivity contribution in [2.45, 2.75) is 63.6 Å². The van der Waals surface area contributed by atoms with Crippen LogP contribution in [0.1, 0.15) is 55.8 Å². The van der Waals surface area contributed by atoms with Gasteiger partial charge in [0.2, 0.25) is 5.91 Å². The van der Waals surface area contributed by atoms with Crippen LogP contribution in [-0.2, 0) is 9.59 Å². The third-order valence-electron chi connectivity index (χ3n) is 5.57. The van der Waals surface area contributed by atoms with Crippen molar-refractivity contribution >= 4 is 29.4 Å². The first-order chi connectivity index (χ1) is 12.9. The van der Waals surface area contributed by atoms with Gasteiger partial charge < -0.3 is 15.3 Å². The van der Waals surface area contributed by atoms with Gasteiger partial charge in [-0.05, 0) is 50.3 Å². The van der Waals surface area contributed by atoms with Crippen LogP contribution in [0.15, 0.2) is 24.3 Å². The van der Waals surface area contributed by atoms with Crippen LogP contribution in [0.5, 0.6) is 0 Å². The van der Waals surface area contributed by atoms with Crippen LogP contribution in [-0.4, -0.2) is 45.9 Å². The van der Waals surface area contributed by atoms with E-state index in [1.54, 1.807) is 36.1 Å². The lowest BCUT2D eigenvalue weighted by Crippen LogP contribution is -2.51. The molecule has 2 N–H and O–H groups in total. The Labute approximate surface area is 163 Å². The third-order valence-corrected chi connectivity index (χ3v) is 5.80. The van der Waals surface area contributed by atoms with Gasteiger partial charge in [-0.3, -0.25) is 14.4 Å². The fourth-order valence-corrected chi connectivity index (χ4v) is 4.60. The number of carboxylic acids is 1. The summed E-state index contributed by atoms with van der Waals surface area (Å²) in [4.78, 5) is 38.7. The fourth-order valence-electron chi connectivity index (χ4n) is 4.41. The largest absolute Gasteiger partial charge is 0.481 e. The molecule has 2 amide bonds. The molecule has 0 spiro atoms. The van der Waals surface area contributed by atoms with Crippen molar-refractivity contribution in [2.24, 2.45) is 5.92 Å². The Hall–Kier alpha value is -2.08. The molecule has 2 aliphatic rings. The number of likely N-dealkylation sites (tertiary alicyclic amines) is 1. The molecule has 2 fully saturated rings. The molecule has 1 aromatic carbocycles. The monoisotopic (exact) mass is 392 g/mol. The molecule has 0 radical (unpaired) electrons. The highest BCUT2D eigenvalue weighted by atomic mass is 35.5. The number of amides is 2. The second-order valence-corrected chi connectivity index (χ2v) is 8.03. The Morgan fingerprint density at radius 3 is 2.74 bits per heavy atom. The molecule has 6 nitrogen and oxygen atoms in total. The van der Waals surface area contributed by atoms with Crippen molar-refractivity contribution in [1.29, 1.82) is 0 Å². The van der Waals surface area contributed by atoms with Crippen molar-refractivity contribution in [1.82, 2.24) is 10.2 Å². The van der Waals surface area contributed by atoms with Gasteiger partial charge in [0, 0.05) is 22.7 Å². The Balaban J connectivity index is 1.83. The predicted molar refractivity (Wildman–Crippen MR) is 102 cm³/mol. The molecule has 3 rings (SSSR count). The third kappa shape index (κ3) is 4.43. The normalized spacial score (nSPS) is 25.6. The van der Waals surface area contributed by atoms with E-state index in [1.165, 1.54) is 0 Å². The van der Waals surface area contributed by atoms with Crippen molar-refractivity contribution in [3.63, 3.8) is 0 Å². The van der Waals surface area contributed by atoms with E-state index >= 15 is 0 Å². The minimum atomic E-state index is -0.963. The molecule has 4 unspecified atom stereocenters. The molecule has 1 heterocycles. The summed E-state index contributed by atoms with van der Waals surface area (Å²) in [6, 6.07) is 5.78. The summed E-state index contributed by atoms with van der Waals surface area (Å²) >= 11 is 6.04. The van der Waals surface area contributed by atoms with Crippen LogP contribution in [0.4, 0.5) is 0 Å². The van der Waals surface area contributed by atoms with E-state index in [4.69, 9.17) is 16.7 Å². The standard InChI is InChI=1S/C20H25ClN2O4/c1-12(9-18(24)25)22-19(26)17-11-13-5-2-3-8-16(13)23(17)20(27)14-6-4-7-15(21)10-14/h4,6-7,10,12-13,16-17H,2-3,5,8-9,11H2,1H3,(H,22,26)(H,24,25). The van der Waals surface area contributed by atoms with E-state index in [0.717, 1.165) is 25.7 Å². The van der Waals surface area contributed by atoms with Crippen LogP contribution in [0.2, 0.25) is 5.02 Å². The number of aliphatic carboxylic acids is 1. The zero-order valence-electron chi connectivity index (χ0n) is 15.4. The van der Waals surface area contributed by atoms with Gasteiger partial charge >= 0.3 is 5.97 Å². The number of carbonyl (C=O) groups excluding carboxylic acids is 2. The Bertz CT molecular complexity index is 738. The van der Waals surface area contributed by atoms with Crippen molar-refractivity contribution in [3.05, 3.63) is 34.9 Å². The highest BCUT2D eigenvalue weighted by Crippen LogP contribution is 2.40. The molecule has 0 bridgehead atoms. The minimum Gasteiger partial charge on any atom is -0.481 e. The molecule has 1 aromatic rings. The first-order valence-corrected chi connectivity index (χ1v) is 9.85. The van der Waals surface area contributed by atoms with Gasteiger partial charge in [0.15, 0.2) is 0 Å². The van der Waals surface area contributed by atoms with Gasteiger partial charge in [0.1, 0.15) is 6.04 Å². The zero-order valence-corrected chi connectivity index (χ0v) is 16.1. The van der Waals surface area contributed by atoms with Crippen molar-refractivity contribution in [3.8, 4) is 0 Å². The quantitative estimate of drug-likeness (QED) is 0.806. The molecule has 7 heteroatoms. The number of halogens is 1. The van der Waals surface area contributed by atoms with Gasteiger partial charge in [-0.1, -0.05) is 30.5 Å². The zero-order chi connectivity index (χ0) is 19.6. The lowest BCUT2D eigenvalue weighted by atomic mass is 9.84. The van der Waals surface area contributed by atoms with Gasteiger partial charge in [0.05, 0.1) is 6.42 Å². The van der Waals surface area contributed by atoms with E-state index in [9.17, 15) is 14.4 Å². The molecule has 27 heavy (non-hydrogen) atoms. The number of nitrogens with one attached hydrogen (secondary N) is 1. The van der Waals surface area contributed by atoms with Crippen molar-refractivity contribution < 1.29 is 19.5 Å². The molecule has 1 aliphatic carbocycles. The summed E-state index contributed by atoms with van der Waals surface area (Å²) in [5.41, 5.74) is 0.477. The smallest absolute Gasteiger partial charge is 0.305 e. The van der Waals surface area contributed by atoms with Crippen molar-refractivity contribution in [2.75, 3.05) is 0 Å². The molecule has 4 atom stereocenters. The van der Waals surface area contributed by atoms with Gasteiger partial charge in [-0.25, -0.2) is 0 Å². The lowest BCUT2D eigenvalue weighted by molar-refractivity contribution is -0.137. The number of fused-ring (bicyclic) bond motifs is 1. The molecular weight excluding hydrogens is 368 g/mol. The summed E-state index contributed by atoms with van der Waals surface area (Å²) in [7, 11) is 0. The Morgan fingerprint density at radius 2 is 2.04 bits per heavy atom. The molecular formula is C20H25ClN2O4. The number of nitrogens with zero attached hydrogens (tertiary/aromatic N) is 1. The second-order valence-electron chi connectivity index (χ2n) is 7.59. The first kappa shape index (κ1) is 19.7. The Kier molecular flexibility index (Phi) is 6.05. The molecule has 1 saturated carbocycles. The highest BCUT2D eigenvalue weighted by Gasteiger charge is 2.47. The summed E-state index contributed by atoms with van der Waals surface area (Å²) in [6.07, 6.45) is 4.55. The SMILES string of the molecule is CC(CC(=O)O)NC(=O)C1CC2CCCCC2N1C(=O)c1cccc(Cl)c1. The summed E-state index contributed by atoms with van der Waals surface area (Å²) in [6.45, 7) is 1.66. The van der Waals surface area contributed by atoms with Gasteiger partial charge in [-0.2, -0.15) is 0 Å². The number of carbonyl (C=O) groups is 3. The molecule has 1 aliphatic heterocycles. The lowest BCUT2D eigenvalue weighted by Gasteiger charge is -2.34. The molecule has 146 valence electrons. The van der Waals surface area contributed by atoms with E-state index < -0.39 is 18.1 Å². The number of hydrogen-bond acceptors (Lipinski definition) is 3. The predicted octanol–water partition coefficient (Wildman–Crippen LogP) is 3.09. The highest BCUT2D eigenvalue weighted by molar-refractivity contribution is 6.31. The number of hydrogen-bond donors (Lipinski definition) is 2. The maximum absolute atomic E-state index is 13.2. The molecule has 1 saturated heterocycles. The summed E-state index contributed by atoms with van der Waals surface area (Å²) in [5, 5.41) is 12.2. The fraction of sp³-hybridized carbons (Fsp3) is 0.550.